The van der Waals surface area contributed by atoms with E-state index in [0.717, 1.165) is 27.8 Å². The Hall–Kier alpha value is -2.96. The molecule has 0 unspecified atom stereocenters. The maximum Gasteiger partial charge on any atom is 0.262 e. The van der Waals surface area contributed by atoms with Crippen LogP contribution in [0.25, 0.3) is 21.3 Å². The Bertz CT molecular complexity index is 1320. The van der Waals surface area contributed by atoms with Crippen molar-refractivity contribution >= 4 is 44.7 Å². The van der Waals surface area contributed by atoms with Crippen molar-refractivity contribution in [2.75, 3.05) is 5.32 Å². The summed E-state index contributed by atoms with van der Waals surface area (Å²) in [7, 11) is 0. The number of halogens is 1. The van der Waals surface area contributed by atoms with Crippen molar-refractivity contribution in [2.24, 2.45) is 0 Å². The molecule has 4 rings (SSSR count). The third-order valence-corrected chi connectivity index (χ3v) is 6.38. The molecule has 158 valence electrons. The molecule has 5 nitrogen and oxygen atoms in total. The SMILES string of the molecule is Cc1ccc(-c2csc3ncn(CCC(=O)Nc4c(C)cc(C)cc4Cl)c(=O)c23)cc1. The van der Waals surface area contributed by atoms with E-state index in [0.29, 0.717) is 20.9 Å². The Morgan fingerprint density at radius 3 is 2.58 bits per heavy atom. The number of nitrogens with one attached hydrogen (secondary N) is 1. The van der Waals surface area contributed by atoms with E-state index in [1.165, 1.54) is 22.2 Å². The molecule has 31 heavy (non-hydrogen) atoms. The van der Waals surface area contributed by atoms with Gasteiger partial charge in [-0.15, -0.1) is 11.3 Å². The molecule has 2 aromatic heterocycles. The lowest BCUT2D eigenvalue weighted by atomic mass is 10.1. The molecule has 2 aromatic carbocycles. The second-order valence-electron chi connectivity index (χ2n) is 7.68. The topological polar surface area (TPSA) is 64.0 Å². The molecule has 0 radical (unpaired) electrons. The molecule has 7 heteroatoms. The summed E-state index contributed by atoms with van der Waals surface area (Å²) in [5, 5.41) is 5.93. The number of anilines is 1. The molecule has 0 saturated heterocycles. The molecule has 1 N–H and O–H groups in total. The summed E-state index contributed by atoms with van der Waals surface area (Å²) in [4.78, 5) is 30.8. The molecule has 0 aliphatic rings. The first-order valence-electron chi connectivity index (χ1n) is 9.94. The van der Waals surface area contributed by atoms with Crippen molar-refractivity contribution in [3.05, 3.63) is 80.2 Å². The van der Waals surface area contributed by atoms with Gasteiger partial charge in [-0.1, -0.05) is 47.5 Å². The Morgan fingerprint density at radius 2 is 1.87 bits per heavy atom. The van der Waals surface area contributed by atoms with E-state index >= 15 is 0 Å². The van der Waals surface area contributed by atoms with Crippen LogP contribution >= 0.6 is 22.9 Å². The molecule has 1 amide bonds. The van der Waals surface area contributed by atoms with Crippen molar-refractivity contribution < 1.29 is 4.79 Å². The van der Waals surface area contributed by atoms with Gasteiger partial charge < -0.3 is 5.32 Å². The lowest BCUT2D eigenvalue weighted by Crippen LogP contribution is -2.23. The third-order valence-electron chi connectivity index (χ3n) is 5.20. The van der Waals surface area contributed by atoms with Crippen LogP contribution in [0.5, 0.6) is 0 Å². The summed E-state index contributed by atoms with van der Waals surface area (Å²) in [6.07, 6.45) is 1.65. The zero-order valence-corrected chi connectivity index (χ0v) is 19.1. The van der Waals surface area contributed by atoms with Crippen LogP contribution in [0.3, 0.4) is 0 Å². The highest BCUT2D eigenvalue weighted by atomic mass is 35.5. The van der Waals surface area contributed by atoms with Gasteiger partial charge >= 0.3 is 0 Å². The molecule has 0 bridgehead atoms. The van der Waals surface area contributed by atoms with E-state index in [4.69, 9.17) is 11.6 Å². The van der Waals surface area contributed by atoms with Gasteiger partial charge in [0.2, 0.25) is 5.91 Å². The highest BCUT2D eigenvalue weighted by molar-refractivity contribution is 7.17. The molecular formula is C24H22ClN3O2S. The molecule has 0 saturated carbocycles. The van der Waals surface area contributed by atoms with Gasteiger partial charge in [0, 0.05) is 23.9 Å². The fourth-order valence-electron chi connectivity index (χ4n) is 3.57. The average Bonchev–Trinajstić information content (AvgIpc) is 3.16. The van der Waals surface area contributed by atoms with E-state index < -0.39 is 0 Å². The number of carbonyl (C=O) groups excluding carboxylic acids is 1. The van der Waals surface area contributed by atoms with E-state index in [9.17, 15) is 9.59 Å². The zero-order valence-electron chi connectivity index (χ0n) is 17.5. The number of thiophene rings is 1. The summed E-state index contributed by atoms with van der Waals surface area (Å²) in [5.41, 5.74) is 5.42. The van der Waals surface area contributed by atoms with E-state index in [2.05, 4.69) is 10.3 Å². The largest absolute Gasteiger partial charge is 0.324 e. The maximum atomic E-state index is 13.1. The molecule has 0 fully saturated rings. The van der Waals surface area contributed by atoms with Gasteiger partial charge in [0.25, 0.3) is 5.56 Å². The van der Waals surface area contributed by atoms with Crippen molar-refractivity contribution in [3.8, 4) is 11.1 Å². The highest BCUT2D eigenvalue weighted by Gasteiger charge is 2.15. The van der Waals surface area contributed by atoms with Crippen LogP contribution in [0.2, 0.25) is 5.02 Å². The fraction of sp³-hybridized carbons (Fsp3) is 0.208. The van der Waals surface area contributed by atoms with Crippen LogP contribution in [0.1, 0.15) is 23.1 Å². The standard InChI is InChI=1S/C24H22ClN3O2S/c1-14-4-6-17(7-5-14)18-12-31-23-21(18)24(30)28(13-26-23)9-8-20(29)27-22-16(3)10-15(2)11-19(22)25/h4-7,10-13H,8-9H2,1-3H3,(H,27,29). The zero-order chi connectivity index (χ0) is 22.1. The van der Waals surface area contributed by atoms with Gasteiger partial charge in [0.15, 0.2) is 0 Å². The van der Waals surface area contributed by atoms with Gasteiger partial charge in [-0.05, 0) is 43.5 Å². The summed E-state index contributed by atoms with van der Waals surface area (Å²) in [6, 6.07) is 11.8. The minimum absolute atomic E-state index is 0.140. The van der Waals surface area contributed by atoms with Crippen molar-refractivity contribution in [2.45, 2.75) is 33.7 Å². The molecular weight excluding hydrogens is 430 g/mol. The first-order valence-corrected chi connectivity index (χ1v) is 11.2. The number of aromatic nitrogens is 2. The van der Waals surface area contributed by atoms with Crippen molar-refractivity contribution in [1.82, 2.24) is 9.55 Å². The predicted octanol–water partition coefficient (Wildman–Crippen LogP) is 5.73. The number of rotatable bonds is 5. The number of benzene rings is 2. The number of hydrogen-bond donors (Lipinski definition) is 1. The van der Waals surface area contributed by atoms with Crippen LogP contribution in [-0.4, -0.2) is 15.5 Å². The fourth-order valence-corrected chi connectivity index (χ4v) is 4.85. The van der Waals surface area contributed by atoms with Crippen LogP contribution in [-0.2, 0) is 11.3 Å². The molecule has 0 aliphatic carbocycles. The molecule has 4 aromatic rings. The minimum atomic E-state index is -0.204. The Labute approximate surface area is 189 Å². The van der Waals surface area contributed by atoms with Crippen LogP contribution < -0.4 is 10.9 Å². The lowest BCUT2D eigenvalue weighted by molar-refractivity contribution is -0.116. The highest BCUT2D eigenvalue weighted by Crippen LogP contribution is 2.31. The van der Waals surface area contributed by atoms with Crippen LogP contribution in [0, 0.1) is 20.8 Å². The maximum absolute atomic E-state index is 13.1. The summed E-state index contributed by atoms with van der Waals surface area (Å²) >= 11 is 7.73. The Morgan fingerprint density at radius 1 is 1.13 bits per heavy atom. The molecule has 2 heterocycles. The quantitative estimate of drug-likeness (QED) is 0.421. The third kappa shape index (κ3) is 4.40. The average molecular weight is 452 g/mol. The van der Waals surface area contributed by atoms with Crippen LogP contribution in [0.4, 0.5) is 5.69 Å². The van der Waals surface area contributed by atoms with Gasteiger partial charge in [0.05, 0.1) is 22.4 Å². The Kier molecular flexibility index (Phi) is 5.94. The molecule has 0 spiro atoms. The molecule has 0 aliphatic heterocycles. The lowest BCUT2D eigenvalue weighted by Gasteiger charge is -2.12. The van der Waals surface area contributed by atoms with Gasteiger partial charge in [-0.3, -0.25) is 14.2 Å². The monoisotopic (exact) mass is 451 g/mol. The Balaban J connectivity index is 1.56. The van der Waals surface area contributed by atoms with E-state index in [-0.39, 0.29) is 24.4 Å². The number of nitrogens with zero attached hydrogens (tertiary/aromatic N) is 2. The second kappa shape index (κ2) is 8.65. The first-order chi connectivity index (χ1) is 14.8. The van der Waals surface area contributed by atoms with Crippen LogP contribution in [0.15, 0.2) is 52.9 Å². The number of fused-ring (bicyclic) bond motifs is 1. The normalized spacial score (nSPS) is 11.1. The summed E-state index contributed by atoms with van der Waals surface area (Å²) in [5.74, 6) is -0.204. The summed E-state index contributed by atoms with van der Waals surface area (Å²) in [6.45, 7) is 6.12. The first kappa shape index (κ1) is 21.3. The second-order valence-corrected chi connectivity index (χ2v) is 8.94. The number of aryl methyl sites for hydroxylation is 4. The minimum Gasteiger partial charge on any atom is -0.324 e. The number of carbonyl (C=O) groups is 1. The van der Waals surface area contributed by atoms with Gasteiger partial charge in [-0.25, -0.2) is 4.98 Å². The van der Waals surface area contributed by atoms with Gasteiger partial charge in [-0.2, -0.15) is 0 Å². The number of hydrogen-bond acceptors (Lipinski definition) is 4. The molecule has 0 atom stereocenters. The summed E-state index contributed by atoms with van der Waals surface area (Å²) < 4.78 is 1.50. The number of amides is 1. The van der Waals surface area contributed by atoms with E-state index in [1.807, 2.05) is 62.5 Å². The van der Waals surface area contributed by atoms with Crippen molar-refractivity contribution in [1.29, 1.82) is 0 Å². The van der Waals surface area contributed by atoms with Gasteiger partial charge in [0.1, 0.15) is 4.83 Å². The smallest absolute Gasteiger partial charge is 0.262 e. The predicted molar refractivity (Wildman–Crippen MR) is 128 cm³/mol. The van der Waals surface area contributed by atoms with Crippen molar-refractivity contribution in [3.63, 3.8) is 0 Å². The van der Waals surface area contributed by atoms with E-state index in [1.54, 1.807) is 0 Å².